The molecular weight excluding hydrogens is 596 g/mol. The van der Waals surface area contributed by atoms with Crippen LogP contribution < -0.4 is 4.74 Å². The van der Waals surface area contributed by atoms with Gasteiger partial charge < -0.3 is 9.84 Å². The van der Waals surface area contributed by atoms with Crippen molar-refractivity contribution >= 4 is 38.4 Å². The molecule has 0 saturated carbocycles. The van der Waals surface area contributed by atoms with Gasteiger partial charge in [0.25, 0.3) is 0 Å². The molecule has 208 valence electrons. The van der Waals surface area contributed by atoms with Gasteiger partial charge in [0, 0.05) is 51.9 Å². The molecule has 4 nitrogen and oxygen atoms in total. The van der Waals surface area contributed by atoms with Crippen molar-refractivity contribution < 1.29 is 9.84 Å². The van der Waals surface area contributed by atoms with Crippen LogP contribution in [0.25, 0.3) is 10.9 Å². The molecule has 1 aliphatic heterocycles. The molecule has 2 heterocycles. The van der Waals surface area contributed by atoms with Crippen molar-refractivity contribution in [3.63, 3.8) is 0 Å². The predicted octanol–water partition coefficient (Wildman–Crippen LogP) is 8.21. The summed E-state index contributed by atoms with van der Waals surface area (Å²) in [7, 11) is 1.65. The number of hydrogen-bond donors (Lipinski definition) is 1. The normalized spacial score (nSPS) is 20.1. The van der Waals surface area contributed by atoms with Gasteiger partial charge in [0.2, 0.25) is 5.88 Å². The van der Waals surface area contributed by atoms with Crippen LogP contribution in [0.3, 0.4) is 0 Å². The number of aromatic nitrogens is 1. The van der Waals surface area contributed by atoms with Gasteiger partial charge in [-0.25, -0.2) is 4.98 Å². The van der Waals surface area contributed by atoms with Crippen molar-refractivity contribution in [3.8, 4) is 5.88 Å². The average Bonchev–Trinajstić information content (AvgIpc) is 3.00. The molecule has 1 fully saturated rings. The molecule has 4 aromatic carbocycles. The topological polar surface area (TPSA) is 45.6 Å². The fraction of sp³-hybridized carbons (Fsp3) is 0.229. The van der Waals surface area contributed by atoms with E-state index in [0.29, 0.717) is 23.9 Å². The van der Waals surface area contributed by atoms with Crippen molar-refractivity contribution in [1.29, 1.82) is 0 Å². The van der Waals surface area contributed by atoms with Crippen LogP contribution in [0.5, 0.6) is 5.88 Å². The van der Waals surface area contributed by atoms with Gasteiger partial charge >= 0.3 is 0 Å². The highest BCUT2D eigenvalue weighted by atomic mass is 79.9. The number of hydrogen-bond acceptors (Lipinski definition) is 4. The molecule has 0 spiro atoms. The van der Waals surface area contributed by atoms with E-state index in [1.165, 1.54) is 5.56 Å². The Balaban J connectivity index is 1.51. The Hall–Kier alpha value is -3.22. The number of methoxy groups -OCH3 is 1. The second kappa shape index (κ2) is 11.9. The summed E-state index contributed by atoms with van der Waals surface area (Å²) in [5, 5.41) is 14.7. The molecule has 1 saturated heterocycles. The van der Waals surface area contributed by atoms with Gasteiger partial charge in [-0.05, 0) is 59.5 Å². The molecule has 1 aromatic heterocycles. The van der Waals surface area contributed by atoms with Crippen LogP contribution in [-0.4, -0.2) is 40.8 Å². The minimum atomic E-state index is -1.13. The summed E-state index contributed by atoms with van der Waals surface area (Å²) in [6, 6.07) is 36.9. The van der Waals surface area contributed by atoms with E-state index < -0.39 is 11.5 Å². The highest BCUT2D eigenvalue weighted by Gasteiger charge is 2.50. The zero-order valence-electron chi connectivity index (χ0n) is 22.9. The zero-order chi connectivity index (χ0) is 28.4. The number of ether oxygens (including phenoxy) is 1. The first-order chi connectivity index (χ1) is 19.9. The Morgan fingerprint density at radius 2 is 1.68 bits per heavy atom. The molecule has 0 amide bonds. The molecule has 6 heteroatoms. The van der Waals surface area contributed by atoms with E-state index in [1.54, 1.807) is 7.11 Å². The van der Waals surface area contributed by atoms with E-state index in [4.69, 9.17) is 21.3 Å². The molecule has 3 unspecified atom stereocenters. The maximum atomic E-state index is 13.1. The minimum Gasteiger partial charge on any atom is -0.481 e. The monoisotopic (exact) mass is 626 g/mol. The van der Waals surface area contributed by atoms with Crippen LogP contribution in [0.1, 0.15) is 40.5 Å². The zero-order valence-corrected chi connectivity index (χ0v) is 25.2. The third-order valence-electron chi connectivity index (χ3n) is 8.30. The first kappa shape index (κ1) is 27.9. The second-order valence-corrected chi connectivity index (χ2v) is 12.2. The predicted molar refractivity (Wildman–Crippen MR) is 170 cm³/mol. The summed E-state index contributed by atoms with van der Waals surface area (Å²) in [4.78, 5) is 7.35. The van der Waals surface area contributed by atoms with Crippen molar-refractivity contribution in [2.75, 3.05) is 20.2 Å². The summed E-state index contributed by atoms with van der Waals surface area (Å²) in [5.74, 6) is -0.0499. The van der Waals surface area contributed by atoms with Gasteiger partial charge in [0.15, 0.2) is 0 Å². The summed E-state index contributed by atoms with van der Waals surface area (Å²) in [6.45, 7) is 2.31. The number of piperidine rings is 1. The number of likely N-dealkylation sites (tertiary alicyclic amines) is 1. The minimum absolute atomic E-state index is 0.162. The molecule has 0 bridgehead atoms. The fourth-order valence-corrected chi connectivity index (χ4v) is 6.84. The SMILES string of the molecule is COc1nc2ccc(Br)cc2cc1C(c1ccc(Cl)cc1)C1(O)CCN(Cc2ccccc2)CC1c1ccccc1. The lowest BCUT2D eigenvalue weighted by molar-refractivity contribution is -0.0561. The quantitative estimate of drug-likeness (QED) is 0.198. The number of halogens is 2. The average molecular weight is 628 g/mol. The number of aliphatic hydroxyl groups is 1. The van der Waals surface area contributed by atoms with E-state index in [9.17, 15) is 5.11 Å². The number of pyridine rings is 1. The summed E-state index contributed by atoms with van der Waals surface area (Å²) in [5.41, 5.74) is 3.93. The number of fused-ring (bicyclic) bond motifs is 1. The van der Waals surface area contributed by atoms with Gasteiger partial charge in [-0.2, -0.15) is 0 Å². The van der Waals surface area contributed by atoms with Crippen molar-refractivity contribution in [2.45, 2.75) is 30.4 Å². The van der Waals surface area contributed by atoms with Gasteiger partial charge in [0.1, 0.15) is 0 Å². The van der Waals surface area contributed by atoms with Gasteiger partial charge in [-0.1, -0.05) is 100 Å². The standard InChI is InChI=1S/C35H32BrClN2O2/c1-41-34-30(21-27-20-28(36)14-17-32(27)38-34)33(26-12-15-29(37)16-13-26)35(40)18-19-39(22-24-8-4-2-5-9-24)23-31(35)25-10-6-3-7-11-25/h2-17,20-21,31,33,40H,18-19,22-23H2,1H3. The third kappa shape index (κ3) is 5.77. The summed E-state index contributed by atoms with van der Waals surface area (Å²) >= 11 is 9.96. The maximum absolute atomic E-state index is 13.1. The van der Waals surface area contributed by atoms with E-state index in [1.807, 2.05) is 48.5 Å². The van der Waals surface area contributed by atoms with Crippen molar-refractivity contribution in [2.24, 2.45) is 0 Å². The molecule has 6 rings (SSSR count). The molecule has 0 radical (unpaired) electrons. The lowest BCUT2D eigenvalue weighted by atomic mass is 9.65. The van der Waals surface area contributed by atoms with E-state index in [2.05, 4.69) is 81.5 Å². The van der Waals surface area contributed by atoms with Gasteiger partial charge in [-0.15, -0.1) is 0 Å². The lowest BCUT2D eigenvalue weighted by Gasteiger charge is -2.49. The molecule has 5 aromatic rings. The first-order valence-electron chi connectivity index (χ1n) is 13.9. The highest BCUT2D eigenvalue weighted by molar-refractivity contribution is 9.10. The van der Waals surface area contributed by atoms with Crippen molar-refractivity contribution in [3.05, 3.63) is 141 Å². The first-order valence-corrected chi connectivity index (χ1v) is 15.0. The molecule has 1 aliphatic rings. The van der Waals surface area contributed by atoms with Crippen LogP contribution in [0.15, 0.2) is 114 Å². The van der Waals surface area contributed by atoms with E-state index in [0.717, 1.165) is 45.2 Å². The summed E-state index contributed by atoms with van der Waals surface area (Å²) in [6.07, 6.45) is 0.576. The van der Waals surface area contributed by atoms with E-state index >= 15 is 0 Å². The van der Waals surface area contributed by atoms with Crippen LogP contribution in [0.4, 0.5) is 0 Å². The maximum Gasteiger partial charge on any atom is 0.217 e. The summed E-state index contributed by atoms with van der Waals surface area (Å²) < 4.78 is 6.89. The third-order valence-corrected chi connectivity index (χ3v) is 9.05. The van der Waals surface area contributed by atoms with Crippen LogP contribution in [0.2, 0.25) is 5.02 Å². The van der Waals surface area contributed by atoms with Crippen LogP contribution >= 0.6 is 27.5 Å². The Bertz CT molecular complexity index is 1630. The molecule has 41 heavy (non-hydrogen) atoms. The largest absolute Gasteiger partial charge is 0.481 e. The van der Waals surface area contributed by atoms with Gasteiger partial charge in [-0.3, -0.25) is 4.90 Å². The molecular formula is C35H32BrClN2O2. The molecule has 0 aliphatic carbocycles. The Kier molecular flexibility index (Phi) is 8.14. The molecule has 3 atom stereocenters. The van der Waals surface area contributed by atoms with Gasteiger partial charge in [0.05, 0.1) is 18.2 Å². The Labute approximate surface area is 254 Å². The van der Waals surface area contributed by atoms with Crippen molar-refractivity contribution in [1.82, 2.24) is 9.88 Å². The lowest BCUT2D eigenvalue weighted by Crippen LogP contribution is -2.53. The highest BCUT2D eigenvalue weighted by Crippen LogP contribution is 2.50. The second-order valence-electron chi connectivity index (χ2n) is 10.8. The fourth-order valence-electron chi connectivity index (χ4n) is 6.34. The Morgan fingerprint density at radius 1 is 0.976 bits per heavy atom. The number of benzene rings is 4. The molecule has 1 N–H and O–H groups in total. The van der Waals surface area contributed by atoms with E-state index in [-0.39, 0.29) is 5.92 Å². The Morgan fingerprint density at radius 3 is 2.39 bits per heavy atom. The smallest absolute Gasteiger partial charge is 0.217 e. The number of rotatable bonds is 7. The van der Waals surface area contributed by atoms with Crippen LogP contribution in [0, 0.1) is 0 Å². The number of nitrogens with zero attached hydrogens (tertiary/aromatic N) is 2. The van der Waals surface area contributed by atoms with Crippen LogP contribution in [-0.2, 0) is 6.54 Å².